The molecule has 0 radical (unpaired) electrons. The minimum atomic E-state index is -0.408. The number of hydrogen-bond acceptors (Lipinski definition) is 2. The quantitative estimate of drug-likeness (QED) is 0.677. The molecule has 0 saturated heterocycles. The fourth-order valence-corrected chi connectivity index (χ4v) is 1.54. The maximum Gasteiger partial charge on any atom is 0.173 e. The lowest BCUT2D eigenvalue weighted by Gasteiger charge is -2.05. The molecule has 0 bridgehead atoms. The second-order valence-corrected chi connectivity index (χ2v) is 3.14. The number of rotatable bonds is 1. The number of hydrogen-bond donors (Lipinski definition) is 0. The Morgan fingerprint density at radius 1 is 1.29 bits per heavy atom. The van der Waals surface area contributed by atoms with E-state index in [9.17, 15) is 4.39 Å². The zero-order valence-electron chi connectivity index (χ0n) is 7.42. The van der Waals surface area contributed by atoms with Crippen LogP contribution < -0.4 is 4.74 Å². The third-order valence-corrected chi connectivity index (χ3v) is 2.32. The van der Waals surface area contributed by atoms with Gasteiger partial charge in [-0.25, -0.2) is 9.37 Å². The topological polar surface area (TPSA) is 22.1 Å². The highest BCUT2D eigenvalue weighted by molar-refractivity contribution is 6.34. The van der Waals surface area contributed by atoms with Crippen LogP contribution in [-0.4, -0.2) is 12.1 Å². The molecule has 14 heavy (non-hydrogen) atoms. The third-order valence-electron chi connectivity index (χ3n) is 2.02. The first kappa shape index (κ1) is 9.21. The summed E-state index contributed by atoms with van der Waals surface area (Å²) in [6.07, 6.45) is 1.47. The van der Waals surface area contributed by atoms with E-state index in [4.69, 9.17) is 16.3 Å². The Hall–Kier alpha value is -1.35. The summed E-state index contributed by atoms with van der Waals surface area (Å²) in [7, 11) is 1.42. The van der Waals surface area contributed by atoms with E-state index in [1.54, 1.807) is 12.1 Å². The SMILES string of the molecule is COc1ccc2c(Cl)nccc2c1F. The normalized spacial score (nSPS) is 10.5. The molecule has 72 valence electrons. The molecule has 0 saturated carbocycles. The zero-order valence-corrected chi connectivity index (χ0v) is 8.18. The van der Waals surface area contributed by atoms with Gasteiger partial charge in [0, 0.05) is 17.0 Å². The van der Waals surface area contributed by atoms with Crippen molar-refractivity contribution in [3.05, 3.63) is 35.4 Å². The van der Waals surface area contributed by atoms with E-state index in [0.717, 1.165) is 0 Å². The van der Waals surface area contributed by atoms with Crippen LogP contribution in [0.1, 0.15) is 0 Å². The van der Waals surface area contributed by atoms with Gasteiger partial charge in [0.25, 0.3) is 0 Å². The molecule has 1 aromatic heterocycles. The Balaban J connectivity index is 2.84. The molecule has 0 unspecified atom stereocenters. The molecule has 2 nitrogen and oxygen atoms in total. The van der Waals surface area contributed by atoms with Crippen molar-refractivity contribution in [2.45, 2.75) is 0 Å². The van der Waals surface area contributed by atoms with Crippen molar-refractivity contribution in [1.82, 2.24) is 4.98 Å². The van der Waals surface area contributed by atoms with Gasteiger partial charge in [0.15, 0.2) is 11.6 Å². The molecule has 4 heteroatoms. The summed E-state index contributed by atoms with van der Waals surface area (Å²) in [4.78, 5) is 3.86. The summed E-state index contributed by atoms with van der Waals surface area (Å²) >= 11 is 5.81. The summed E-state index contributed by atoms with van der Waals surface area (Å²) < 4.78 is 18.5. The smallest absolute Gasteiger partial charge is 0.173 e. The van der Waals surface area contributed by atoms with Crippen molar-refractivity contribution in [3.8, 4) is 5.75 Å². The Labute approximate surface area is 85.3 Å². The lowest BCUT2D eigenvalue weighted by Crippen LogP contribution is -1.90. The van der Waals surface area contributed by atoms with Crippen molar-refractivity contribution >= 4 is 22.4 Å². The van der Waals surface area contributed by atoms with Crippen LogP contribution in [0.2, 0.25) is 5.15 Å². The molecule has 0 spiro atoms. The lowest BCUT2D eigenvalue weighted by atomic mass is 10.1. The van der Waals surface area contributed by atoms with Gasteiger partial charge in [-0.2, -0.15) is 0 Å². The van der Waals surface area contributed by atoms with E-state index in [0.29, 0.717) is 15.9 Å². The summed E-state index contributed by atoms with van der Waals surface area (Å²) in [6, 6.07) is 4.79. The zero-order chi connectivity index (χ0) is 10.1. The van der Waals surface area contributed by atoms with Crippen LogP contribution in [0.5, 0.6) is 5.75 Å². The van der Waals surface area contributed by atoms with Gasteiger partial charge >= 0.3 is 0 Å². The highest BCUT2D eigenvalue weighted by Gasteiger charge is 2.09. The van der Waals surface area contributed by atoms with E-state index >= 15 is 0 Å². The number of pyridine rings is 1. The minimum Gasteiger partial charge on any atom is -0.494 e. The maximum atomic E-state index is 13.6. The number of halogens is 2. The highest BCUT2D eigenvalue weighted by atomic mass is 35.5. The van der Waals surface area contributed by atoms with E-state index in [2.05, 4.69) is 4.98 Å². The molecule has 0 aliphatic heterocycles. The monoisotopic (exact) mass is 211 g/mol. The first-order valence-electron chi connectivity index (χ1n) is 4.00. The summed E-state index contributed by atoms with van der Waals surface area (Å²) in [5.41, 5.74) is 0. The Morgan fingerprint density at radius 3 is 2.79 bits per heavy atom. The summed E-state index contributed by atoms with van der Waals surface area (Å²) in [5.74, 6) is -0.200. The minimum absolute atomic E-state index is 0.208. The first-order chi connectivity index (χ1) is 6.74. The second-order valence-electron chi connectivity index (χ2n) is 2.78. The molecule has 0 amide bonds. The van der Waals surface area contributed by atoms with Crippen molar-refractivity contribution in [3.63, 3.8) is 0 Å². The lowest BCUT2D eigenvalue weighted by molar-refractivity contribution is 0.389. The third kappa shape index (κ3) is 1.30. The largest absolute Gasteiger partial charge is 0.494 e. The molecule has 0 aliphatic carbocycles. The van der Waals surface area contributed by atoms with Gasteiger partial charge in [-0.15, -0.1) is 0 Å². The number of fused-ring (bicyclic) bond motifs is 1. The summed E-state index contributed by atoms with van der Waals surface area (Å²) in [5, 5.41) is 1.31. The van der Waals surface area contributed by atoms with Crippen LogP contribution in [-0.2, 0) is 0 Å². The predicted octanol–water partition coefficient (Wildman–Crippen LogP) is 3.04. The first-order valence-corrected chi connectivity index (χ1v) is 4.38. The average Bonchev–Trinajstić information content (AvgIpc) is 2.20. The standard InChI is InChI=1S/C10H7ClFNO/c1-14-8-3-2-7-6(9(8)12)4-5-13-10(7)11/h2-5H,1H3. The molecule has 2 aromatic rings. The van der Waals surface area contributed by atoms with Gasteiger partial charge in [0.2, 0.25) is 0 Å². The molecule has 2 rings (SSSR count). The van der Waals surface area contributed by atoms with Crippen LogP contribution in [0.3, 0.4) is 0 Å². The van der Waals surface area contributed by atoms with Crippen LogP contribution in [0.25, 0.3) is 10.8 Å². The van der Waals surface area contributed by atoms with E-state index in [1.807, 2.05) is 0 Å². The summed E-state index contributed by atoms with van der Waals surface area (Å²) in [6.45, 7) is 0. The number of nitrogens with zero attached hydrogens (tertiary/aromatic N) is 1. The fourth-order valence-electron chi connectivity index (χ4n) is 1.32. The fraction of sp³-hybridized carbons (Fsp3) is 0.100. The van der Waals surface area contributed by atoms with Crippen LogP contribution in [0, 0.1) is 5.82 Å². The number of ether oxygens (including phenoxy) is 1. The van der Waals surface area contributed by atoms with Crippen LogP contribution >= 0.6 is 11.6 Å². The number of benzene rings is 1. The molecule has 0 aliphatic rings. The molecule has 0 N–H and O–H groups in total. The Kier molecular flexibility index (Phi) is 2.25. The van der Waals surface area contributed by atoms with E-state index in [1.165, 1.54) is 19.4 Å². The van der Waals surface area contributed by atoms with Crippen LogP contribution in [0.4, 0.5) is 4.39 Å². The van der Waals surface area contributed by atoms with Gasteiger partial charge in [0.05, 0.1) is 7.11 Å². The van der Waals surface area contributed by atoms with Crippen LogP contribution in [0.15, 0.2) is 24.4 Å². The van der Waals surface area contributed by atoms with Gasteiger partial charge in [-0.3, -0.25) is 0 Å². The van der Waals surface area contributed by atoms with Gasteiger partial charge in [-0.1, -0.05) is 11.6 Å². The van der Waals surface area contributed by atoms with Gasteiger partial charge < -0.3 is 4.74 Å². The molecular weight excluding hydrogens is 205 g/mol. The van der Waals surface area contributed by atoms with Gasteiger partial charge in [0.1, 0.15) is 5.15 Å². The van der Waals surface area contributed by atoms with Crippen molar-refractivity contribution in [1.29, 1.82) is 0 Å². The second kappa shape index (κ2) is 3.42. The van der Waals surface area contributed by atoms with Crippen molar-refractivity contribution in [2.75, 3.05) is 7.11 Å². The average molecular weight is 212 g/mol. The molecule has 0 fully saturated rings. The van der Waals surface area contributed by atoms with E-state index in [-0.39, 0.29) is 5.75 Å². The van der Waals surface area contributed by atoms with E-state index < -0.39 is 5.82 Å². The Bertz CT molecular complexity index is 487. The molecule has 1 heterocycles. The molecular formula is C10H7ClFNO. The Morgan fingerprint density at radius 2 is 2.07 bits per heavy atom. The highest BCUT2D eigenvalue weighted by Crippen LogP contribution is 2.28. The number of aromatic nitrogens is 1. The number of methoxy groups -OCH3 is 1. The molecule has 1 aromatic carbocycles. The maximum absolute atomic E-state index is 13.6. The molecule has 0 atom stereocenters. The van der Waals surface area contributed by atoms with Crippen molar-refractivity contribution < 1.29 is 9.13 Å². The van der Waals surface area contributed by atoms with Gasteiger partial charge in [-0.05, 0) is 18.2 Å². The predicted molar refractivity (Wildman–Crippen MR) is 53.3 cm³/mol. The van der Waals surface area contributed by atoms with Crippen molar-refractivity contribution in [2.24, 2.45) is 0 Å².